The van der Waals surface area contributed by atoms with E-state index in [1.165, 1.54) is 23.1 Å². The zero-order chi connectivity index (χ0) is 12.7. The summed E-state index contributed by atoms with van der Waals surface area (Å²) in [6.07, 6.45) is 8.06. The van der Waals surface area contributed by atoms with E-state index >= 15 is 0 Å². The van der Waals surface area contributed by atoms with Gasteiger partial charge in [0, 0.05) is 5.92 Å². The highest BCUT2D eigenvalue weighted by atomic mass is 127. The van der Waals surface area contributed by atoms with Crippen molar-refractivity contribution in [1.29, 1.82) is 0 Å². The van der Waals surface area contributed by atoms with Gasteiger partial charge in [-0.2, -0.15) is 0 Å². The fraction of sp³-hybridized carbons (Fsp3) is 0.294. The molecule has 1 aromatic rings. The van der Waals surface area contributed by atoms with E-state index in [9.17, 15) is 0 Å². The van der Waals surface area contributed by atoms with Crippen LogP contribution in [-0.4, -0.2) is 0 Å². The Morgan fingerprint density at radius 1 is 1.39 bits per heavy atom. The van der Waals surface area contributed by atoms with E-state index in [-0.39, 0.29) is 0 Å². The van der Waals surface area contributed by atoms with E-state index in [0.29, 0.717) is 17.8 Å². The lowest BCUT2D eigenvalue weighted by Crippen LogP contribution is -2.10. The van der Waals surface area contributed by atoms with Gasteiger partial charge in [-0.25, -0.2) is 0 Å². The molecule has 3 unspecified atom stereocenters. The zero-order valence-corrected chi connectivity index (χ0v) is 12.7. The second-order valence-corrected chi connectivity index (χ2v) is 5.91. The molecule has 0 radical (unpaired) electrons. The second-order valence-electron chi connectivity index (χ2n) is 5.20. The van der Waals surface area contributed by atoms with Crippen molar-refractivity contribution in [2.45, 2.75) is 25.2 Å². The smallest absolute Gasteiger partial charge is 0.00874 e. The number of allylic oxidation sites excluding steroid dienone is 4. The molecule has 0 spiro atoms. The average molecular weight is 348 g/mol. The molecule has 0 nitrogen and oxygen atoms in total. The first kappa shape index (κ1) is 12.2. The van der Waals surface area contributed by atoms with Crippen molar-refractivity contribution in [2.75, 3.05) is 0 Å². The Labute approximate surface area is 123 Å². The van der Waals surface area contributed by atoms with Gasteiger partial charge in [0.05, 0.1) is 0 Å². The van der Waals surface area contributed by atoms with E-state index in [4.69, 9.17) is 0 Å². The molecule has 0 aromatic heterocycles. The van der Waals surface area contributed by atoms with Gasteiger partial charge in [-0.05, 0) is 51.5 Å². The first-order chi connectivity index (χ1) is 8.77. The lowest BCUT2D eigenvalue weighted by Gasteiger charge is -2.24. The van der Waals surface area contributed by atoms with Crippen molar-refractivity contribution >= 4 is 28.2 Å². The molecule has 0 aliphatic heterocycles. The summed E-state index contributed by atoms with van der Waals surface area (Å²) in [7, 11) is 0. The van der Waals surface area contributed by atoms with Crippen LogP contribution in [0.2, 0.25) is 0 Å². The Kier molecular flexibility index (Phi) is 3.18. The highest BCUT2D eigenvalue weighted by Crippen LogP contribution is 2.53. The third kappa shape index (κ3) is 1.63. The highest BCUT2D eigenvalue weighted by Gasteiger charge is 2.39. The minimum Gasteiger partial charge on any atom is -0.102 e. The molecule has 0 N–H and O–H groups in total. The molecule has 0 bridgehead atoms. The Morgan fingerprint density at radius 3 is 2.94 bits per heavy atom. The molecular formula is C17H17I. The Morgan fingerprint density at radius 2 is 2.22 bits per heavy atom. The van der Waals surface area contributed by atoms with Crippen molar-refractivity contribution < 1.29 is 0 Å². The van der Waals surface area contributed by atoms with Gasteiger partial charge >= 0.3 is 0 Å². The normalized spacial score (nSPS) is 29.2. The van der Waals surface area contributed by atoms with Gasteiger partial charge in [-0.1, -0.05) is 59.0 Å². The quantitative estimate of drug-likeness (QED) is 0.494. The Hall–Kier alpha value is -0.830. The van der Waals surface area contributed by atoms with Crippen LogP contribution in [0.5, 0.6) is 0 Å². The molecule has 3 atom stereocenters. The van der Waals surface area contributed by atoms with Crippen LogP contribution in [0.15, 0.2) is 47.1 Å². The van der Waals surface area contributed by atoms with Gasteiger partial charge < -0.3 is 0 Å². The largest absolute Gasteiger partial charge is 0.102 e. The summed E-state index contributed by atoms with van der Waals surface area (Å²) < 4.78 is 2.16. The second kappa shape index (κ2) is 4.69. The molecular weight excluding hydrogens is 331 g/mol. The molecule has 1 aromatic carbocycles. The van der Waals surface area contributed by atoms with E-state index < -0.39 is 0 Å². The molecule has 0 saturated carbocycles. The maximum absolute atomic E-state index is 4.06. The lowest BCUT2D eigenvalue weighted by atomic mass is 9.80. The fourth-order valence-corrected chi connectivity index (χ4v) is 4.07. The minimum absolute atomic E-state index is 0.482. The van der Waals surface area contributed by atoms with Crippen molar-refractivity contribution in [3.8, 4) is 0 Å². The predicted molar refractivity (Wildman–Crippen MR) is 87.0 cm³/mol. The van der Waals surface area contributed by atoms with E-state index in [1.807, 2.05) is 0 Å². The SMILES string of the molecule is C=CC1c2cccc3c2C(CC=C3C)C1/C=C\I. The molecule has 0 amide bonds. The Balaban J connectivity index is 2.21. The summed E-state index contributed by atoms with van der Waals surface area (Å²) in [4.78, 5) is 0. The predicted octanol–water partition coefficient (Wildman–Crippen LogP) is 5.43. The molecule has 0 saturated heterocycles. The molecule has 0 fully saturated rings. The number of hydrogen-bond acceptors (Lipinski definition) is 0. The summed E-state index contributed by atoms with van der Waals surface area (Å²) in [6.45, 7) is 6.29. The van der Waals surface area contributed by atoms with Crippen LogP contribution in [0.1, 0.15) is 41.9 Å². The van der Waals surface area contributed by atoms with E-state index in [0.717, 1.165) is 0 Å². The lowest BCUT2D eigenvalue weighted by molar-refractivity contribution is 0.517. The van der Waals surface area contributed by atoms with Crippen molar-refractivity contribution in [3.05, 3.63) is 63.8 Å². The topological polar surface area (TPSA) is 0 Å². The number of rotatable bonds is 2. The third-order valence-electron chi connectivity index (χ3n) is 4.40. The summed E-state index contributed by atoms with van der Waals surface area (Å²) in [5.74, 6) is 1.71. The third-order valence-corrected chi connectivity index (χ3v) is 4.82. The van der Waals surface area contributed by atoms with Gasteiger partial charge in [0.15, 0.2) is 0 Å². The van der Waals surface area contributed by atoms with Crippen LogP contribution >= 0.6 is 22.6 Å². The Bertz CT molecular complexity index is 551. The van der Waals surface area contributed by atoms with Gasteiger partial charge in [0.25, 0.3) is 0 Å². The van der Waals surface area contributed by atoms with Crippen molar-refractivity contribution in [1.82, 2.24) is 0 Å². The molecule has 0 heterocycles. The maximum atomic E-state index is 4.06. The summed E-state index contributed by atoms with van der Waals surface area (Å²) in [5, 5.41) is 0. The fourth-order valence-electron chi connectivity index (χ4n) is 3.59. The van der Waals surface area contributed by atoms with Gasteiger partial charge in [-0.3, -0.25) is 0 Å². The highest BCUT2D eigenvalue weighted by molar-refractivity contribution is 14.1. The van der Waals surface area contributed by atoms with Crippen LogP contribution in [0.4, 0.5) is 0 Å². The van der Waals surface area contributed by atoms with Crippen molar-refractivity contribution in [2.24, 2.45) is 5.92 Å². The molecule has 1 heteroatoms. The summed E-state index contributed by atoms with van der Waals surface area (Å²) in [6, 6.07) is 6.76. The van der Waals surface area contributed by atoms with Crippen molar-refractivity contribution in [3.63, 3.8) is 0 Å². The van der Waals surface area contributed by atoms with Crippen LogP contribution < -0.4 is 0 Å². The zero-order valence-electron chi connectivity index (χ0n) is 10.6. The summed E-state index contributed by atoms with van der Waals surface area (Å²) in [5.41, 5.74) is 5.98. The maximum Gasteiger partial charge on any atom is 0.00874 e. The van der Waals surface area contributed by atoms with Gasteiger partial charge in [0.2, 0.25) is 0 Å². The van der Waals surface area contributed by atoms with Gasteiger partial charge in [0.1, 0.15) is 0 Å². The van der Waals surface area contributed by atoms with Gasteiger partial charge in [-0.15, -0.1) is 6.58 Å². The first-order valence-corrected chi connectivity index (χ1v) is 7.72. The molecule has 18 heavy (non-hydrogen) atoms. The molecule has 92 valence electrons. The molecule has 2 aliphatic carbocycles. The number of benzene rings is 1. The summed E-state index contributed by atoms with van der Waals surface area (Å²) >= 11 is 2.33. The average Bonchev–Trinajstić information content (AvgIpc) is 2.69. The van der Waals surface area contributed by atoms with Crippen LogP contribution in [-0.2, 0) is 0 Å². The molecule has 2 aliphatic rings. The minimum atomic E-state index is 0.482. The standard InChI is InChI=1S/C17H17I/c1-3-12-14(9-10-18)16-8-7-11(2)13-5-4-6-15(12)17(13)16/h3-7,9-10,12,14,16H,1,8H2,2H3/b10-9-. The van der Waals surface area contributed by atoms with Crippen LogP contribution in [0, 0.1) is 5.92 Å². The van der Waals surface area contributed by atoms with Crippen LogP contribution in [0.25, 0.3) is 5.57 Å². The monoisotopic (exact) mass is 348 g/mol. The first-order valence-electron chi connectivity index (χ1n) is 6.47. The van der Waals surface area contributed by atoms with E-state index in [1.54, 1.807) is 5.56 Å². The number of hydrogen-bond donors (Lipinski definition) is 0. The van der Waals surface area contributed by atoms with E-state index in [2.05, 4.69) is 76.6 Å². The number of halogens is 1. The van der Waals surface area contributed by atoms with Crippen LogP contribution in [0.3, 0.4) is 0 Å². The molecule has 3 rings (SSSR count).